The summed E-state index contributed by atoms with van der Waals surface area (Å²) in [4.78, 5) is 25.3. The highest BCUT2D eigenvalue weighted by Gasteiger charge is 2.30. The van der Waals surface area contributed by atoms with Crippen LogP contribution in [-0.4, -0.2) is 26.0 Å². The second-order valence-electron chi connectivity index (χ2n) is 7.30. The quantitative estimate of drug-likeness (QED) is 0.319. The van der Waals surface area contributed by atoms with Gasteiger partial charge in [0.1, 0.15) is 23.0 Å². The minimum atomic E-state index is -0.392. The number of hydrogen-bond acceptors (Lipinski definition) is 6. The van der Waals surface area contributed by atoms with Crippen molar-refractivity contribution in [3.63, 3.8) is 0 Å². The summed E-state index contributed by atoms with van der Waals surface area (Å²) in [5.74, 6) is 1.41. The molecule has 0 spiro atoms. The number of carbonyl (C=O) groups is 2. The topological polar surface area (TPSA) is 71.1 Å². The molecule has 0 aliphatic carbocycles. The molecule has 1 aliphatic heterocycles. The highest BCUT2D eigenvalue weighted by Crippen LogP contribution is 2.38. The molecule has 3 aromatic rings. The molecule has 6 nitrogen and oxygen atoms in total. The van der Waals surface area contributed by atoms with Crippen LogP contribution in [0.2, 0.25) is 0 Å². The molecule has 0 N–H and O–H groups in total. The zero-order valence-corrected chi connectivity index (χ0v) is 18.0. The molecular weight excluding hydrogens is 408 g/mol. The van der Waals surface area contributed by atoms with Crippen molar-refractivity contribution in [2.45, 2.75) is 13.3 Å². The first-order valence-electron chi connectivity index (χ1n) is 10.0. The number of ether oxygens (including phenoxy) is 4. The van der Waals surface area contributed by atoms with Gasteiger partial charge in [0.2, 0.25) is 5.78 Å². The number of ketones is 1. The lowest BCUT2D eigenvalue weighted by atomic mass is 10.0. The van der Waals surface area contributed by atoms with Gasteiger partial charge in [-0.3, -0.25) is 9.59 Å². The maximum Gasteiger partial charge on any atom is 0.315 e. The van der Waals surface area contributed by atoms with Crippen LogP contribution in [0.3, 0.4) is 0 Å². The average molecular weight is 430 g/mol. The van der Waals surface area contributed by atoms with Crippen LogP contribution < -0.4 is 18.9 Å². The molecule has 1 heterocycles. The average Bonchev–Trinajstić information content (AvgIpc) is 3.09. The molecule has 0 atom stereocenters. The summed E-state index contributed by atoms with van der Waals surface area (Å²) < 4.78 is 22.0. The number of fused-ring (bicyclic) bond motifs is 1. The van der Waals surface area contributed by atoms with Crippen molar-refractivity contribution in [1.82, 2.24) is 0 Å². The van der Waals surface area contributed by atoms with Crippen molar-refractivity contribution in [3.8, 4) is 23.0 Å². The Balaban J connectivity index is 1.58. The summed E-state index contributed by atoms with van der Waals surface area (Å²) in [7, 11) is 3.12. The van der Waals surface area contributed by atoms with Gasteiger partial charge in [0.15, 0.2) is 5.76 Å². The van der Waals surface area contributed by atoms with Crippen molar-refractivity contribution >= 4 is 17.8 Å². The lowest BCUT2D eigenvalue weighted by Gasteiger charge is -2.08. The fraction of sp³-hybridized carbons (Fsp3) is 0.154. The Bertz CT molecular complexity index is 1210. The molecule has 32 heavy (non-hydrogen) atoms. The smallest absolute Gasteiger partial charge is 0.315 e. The third-order valence-corrected chi connectivity index (χ3v) is 5.09. The number of rotatable bonds is 6. The van der Waals surface area contributed by atoms with Gasteiger partial charge < -0.3 is 18.9 Å². The molecule has 0 radical (unpaired) electrons. The number of Topliss-reactive ketones (excluding diaryl/α,β-unsaturated/α-hetero) is 1. The minimum Gasteiger partial charge on any atom is -0.497 e. The molecule has 6 heteroatoms. The molecule has 4 rings (SSSR count). The molecule has 0 aromatic heterocycles. The highest BCUT2D eigenvalue weighted by molar-refractivity contribution is 6.15. The highest BCUT2D eigenvalue weighted by atomic mass is 16.5. The van der Waals surface area contributed by atoms with E-state index in [1.165, 1.54) is 0 Å². The number of hydrogen-bond donors (Lipinski definition) is 0. The first-order valence-corrected chi connectivity index (χ1v) is 10.0. The van der Waals surface area contributed by atoms with E-state index in [9.17, 15) is 9.59 Å². The molecule has 0 bridgehead atoms. The van der Waals surface area contributed by atoms with Crippen molar-refractivity contribution in [2.24, 2.45) is 0 Å². The van der Waals surface area contributed by atoms with Gasteiger partial charge in [0, 0.05) is 11.6 Å². The summed E-state index contributed by atoms with van der Waals surface area (Å²) >= 11 is 0. The van der Waals surface area contributed by atoms with Gasteiger partial charge in [-0.2, -0.15) is 0 Å². The molecule has 162 valence electrons. The third-order valence-electron chi connectivity index (χ3n) is 5.09. The maximum absolute atomic E-state index is 13.0. The number of carbonyl (C=O) groups excluding carboxylic acids is 2. The van der Waals surface area contributed by atoms with Gasteiger partial charge in [0.05, 0.1) is 26.2 Å². The fourth-order valence-corrected chi connectivity index (χ4v) is 3.56. The van der Waals surface area contributed by atoms with Crippen LogP contribution in [0.1, 0.15) is 27.0 Å². The summed E-state index contributed by atoms with van der Waals surface area (Å²) in [6, 6.07) is 17.9. The molecule has 0 fully saturated rings. The Morgan fingerprint density at radius 1 is 0.969 bits per heavy atom. The SMILES string of the molecule is COc1ccc(OC)c(/C=C2\Oc3cc(OC(=O)Cc4ccccc4)cc(C)c3C2=O)c1. The standard InChI is InChI=1S/C26H22O6/c1-16-11-20(31-24(27)12-17-7-5-4-6-8-17)15-22-25(16)26(28)23(32-22)14-18-13-19(29-2)9-10-21(18)30-3/h4-11,13-15H,12H2,1-3H3/b23-14-. The third kappa shape index (κ3) is 4.34. The van der Waals surface area contributed by atoms with Crippen LogP contribution in [0, 0.1) is 6.92 Å². The van der Waals surface area contributed by atoms with E-state index in [2.05, 4.69) is 0 Å². The second kappa shape index (κ2) is 8.98. The fourth-order valence-electron chi connectivity index (χ4n) is 3.56. The van der Waals surface area contributed by atoms with E-state index in [1.54, 1.807) is 57.6 Å². The Labute approximate surface area is 186 Å². The van der Waals surface area contributed by atoms with E-state index >= 15 is 0 Å². The first kappa shape index (κ1) is 21.2. The summed E-state index contributed by atoms with van der Waals surface area (Å²) in [5, 5.41) is 0. The van der Waals surface area contributed by atoms with Crippen LogP contribution in [-0.2, 0) is 11.2 Å². The summed E-state index contributed by atoms with van der Waals surface area (Å²) in [6.45, 7) is 1.78. The number of allylic oxidation sites excluding steroid dienone is 1. The summed E-state index contributed by atoms with van der Waals surface area (Å²) in [6.07, 6.45) is 1.77. The van der Waals surface area contributed by atoms with Crippen molar-refractivity contribution in [2.75, 3.05) is 14.2 Å². The molecule has 0 amide bonds. The zero-order chi connectivity index (χ0) is 22.7. The second-order valence-corrected chi connectivity index (χ2v) is 7.30. The first-order chi connectivity index (χ1) is 15.5. The Morgan fingerprint density at radius 2 is 1.75 bits per heavy atom. The number of aryl methyl sites for hydroxylation is 1. The Kier molecular flexibility index (Phi) is 5.94. The lowest BCUT2D eigenvalue weighted by molar-refractivity contribution is -0.133. The summed E-state index contributed by atoms with van der Waals surface area (Å²) in [5.41, 5.74) is 2.62. The van der Waals surface area contributed by atoms with Gasteiger partial charge in [0.25, 0.3) is 0 Å². The number of benzene rings is 3. The predicted molar refractivity (Wildman–Crippen MR) is 119 cm³/mol. The van der Waals surface area contributed by atoms with Gasteiger partial charge in [-0.1, -0.05) is 30.3 Å². The van der Waals surface area contributed by atoms with Crippen molar-refractivity contribution in [3.05, 3.63) is 88.7 Å². The van der Waals surface area contributed by atoms with E-state index in [1.807, 2.05) is 30.3 Å². The van der Waals surface area contributed by atoms with Gasteiger partial charge in [-0.05, 0) is 48.4 Å². The van der Waals surface area contributed by atoms with Crippen LogP contribution in [0.25, 0.3) is 6.08 Å². The maximum atomic E-state index is 13.0. The van der Waals surface area contributed by atoms with Crippen LogP contribution in [0.15, 0.2) is 66.4 Å². The Hall–Kier alpha value is -4.06. The van der Waals surface area contributed by atoms with Gasteiger partial charge in [-0.15, -0.1) is 0 Å². The molecule has 0 unspecified atom stereocenters. The molecular formula is C26H22O6. The molecule has 0 saturated carbocycles. The van der Waals surface area contributed by atoms with Crippen molar-refractivity contribution < 1.29 is 28.5 Å². The van der Waals surface area contributed by atoms with Crippen LogP contribution in [0.4, 0.5) is 0 Å². The molecule has 1 aliphatic rings. The number of esters is 1. The largest absolute Gasteiger partial charge is 0.497 e. The van der Waals surface area contributed by atoms with Crippen molar-refractivity contribution in [1.29, 1.82) is 0 Å². The van der Waals surface area contributed by atoms with E-state index in [-0.39, 0.29) is 18.0 Å². The zero-order valence-electron chi connectivity index (χ0n) is 18.0. The lowest BCUT2D eigenvalue weighted by Crippen LogP contribution is -2.11. The van der Waals surface area contributed by atoms with E-state index < -0.39 is 5.97 Å². The van der Waals surface area contributed by atoms with E-state index in [0.717, 1.165) is 5.56 Å². The van der Waals surface area contributed by atoms with Crippen LogP contribution >= 0.6 is 0 Å². The molecule has 0 saturated heterocycles. The van der Waals surface area contributed by atoms with Gasteiger partial charge in [-0.25, -0.2) is 0 Å². The van der Waals surface area contributed by atoms with Crippen LogP contribution in [0.5, 0.6) is 23.0 Å². The monoisotopic (exact) mass is 430 g/mol. The van der Waals surface area contributed by atoms with E-state index in [0.29, 0.717) is 39.7 Å². The Morgan fingerprint density at radius 3 is 2.47 bits per heavy atom. The molecule has 3 aromatic carbocycles. The minimum absolute atomic E-state index is 0.150. The number of methoxy groups -OCH3 is 2. The normalized spacial score (nSPS) is 13.5. The predicted octanol–water partition coefficient (Wildman–Crippen LogP) is 4.78. The van der Waals surface area contributed by atoms with Gasteiger partial charge >= 0.3 is 5.97 Å². The van der Waals surface area contributed by atoms with E-state index in [4.69, 9.17) is 18.9 Å².